The first-order valence-electron chi connectivity index (χ1n) is 6.21. The van der Waals surface area contributed by atoms with Gasteiger partial charge in [0.25, 0.3) is 0 Å². The Morgan fingerprint density at radius 3 is 2.80 bits per heavy atom. The fourth-order valence-electron chi connectivity index (χ4n) is 1.91. The van der Waals surface area contributed by atoms with Crippen LogP contribution >= 0.6 is 15.9 Å². The Morgan fingerprint density at radius 1 is 1.40 bits per heavy atom. The lowest BCUT2D eigenvalue weighted by atomic mass is 10.1. The summed E-state index contributed by atoms with van der Waals surface area (Å²) in [5.41, 5.74) is 7.67. The van der Waals surface area contributed by atoms with Crippen LogP contribution in [0.3, 0.4) is 0 Å². The van der Waals surface area contributed by atoms with Gasteiger partial charge in [0.1, 0.15) is 5.82 Å². The third-order valence-corrected chi connectivity index (χ3v) is 3.58. The maximum absolute atomic E-state index is 13.3. The second-order valence-corrected chi connectivity index (χ2v) is 5.67. The lowest BCUT2D eigenvalue weighted by Crippen LogP contribution is -2.23. The van der Waals surface area contributed by atoms with E-state index in [4.69, 9.17) is 5.73 Å². The number of hydrogen-bond acceptors (Lipinski definition) is 4. The molecular weight excluding hydrogens is 325 g/mol. The van der Waals surface area contributed by atoms with Gasteiger partial charge in [0.05, 0.1) is 35.1 Å². The maximum Gasteiger partial charge on any atom is 0.141 e. The molecule has 0 fully saturated rings. The third-order valence-electron chi connectivity index (χ3n) is 2.97. The van der Waals surface area contributed by atoms with Crippen molar-refractivity contribution in [2.75, 3.05) is 20.6 Å². The van der Waals surface area contributed by atoms with Crippen molar-refractivity contribution in [3.8, 4) is 0 Å². The Kier molecular flexibility index (Phi) is 4.85. The number of likely N-dealkylation sites (N-methyl/N-ethyl adjacent to an activating group) is 1. The molecule has 2 rings (SSSR count). The van der Waals surface area contributed by atoms with Crippen molar-refractivity contribution >= 4 is 15.9 Å². The molecule has 0 bridgehead atoms. The van der Waals surface area contributed by atoms with Crippen LogP contribution in [-0.2, 0) is 6.54 Å². The van der Waals surface area contributed by atoms with E-state index in [-0.39, 0.29) is 0 Å². The Hall–Kier alpha value is -1.31. The van der Waals surface area contributed by atoms with E-state index in [0.717, 1.165) is 22.9 Å². The van der Waals surface area contributed by atoms with Gasteiger partial charge in [-0.15, -0.1) is 0 Å². The Morgan fingerprint density at radius 2 is 2.15 bits per heavy atom. The molecule has 20 heavy (non-hydrogen) atoms. The van der Waals surface area contributed by atoms with Crippen molar-refractivity contribution in [1.82, 2.24) is 19.7 Å². The smallest absolute Gasteiger partial charge is 0.141 e. The topological polar surface area (TPSA) is 60.0 Å². The van der Waals surface area contributed by atoms with Crippen LogP contribution in [-0.4, -0.2) is 40.3 Å². The van der Waals surface area contributed by atoms with Gasteiger partial charge in [-0.2, -0.15) is 5.10 Å². The molecule has 7 heteroatoms. The summed E-state index contributed by atoms with van der Waals surface area (Å²) in [5, 5.41) is 4.31. The van der Waals surface area contributed by atoms with Crippen molar-refractivity contribution in [3.05, 3.63) is 46.2 Å². The summed E-state index contributed by atoms with van der Waals surface area (Å²) in [6, 6.07) is 0.921. The molecular formula is C13H17BrFN5. The molecule has 0 saturated carbocycles. The van der Waals surface area contributed by atoms with Crippen molar-refractivity contribution in [2.45, 2.75) is 12.6 Å². The highest BCUT2D eigenvalue weighted by Gasteiger charge is 2.19. The van der Waals surface area contributed by atoms with Gasteiger partial charge in [-0.25, -0.2) is 4.39 Å². The molecule has 2 aromatic heterocycles. The van der Waals surface area contributed by atoms with Gasteiger partial charge in [0, 0.05) is 12.7 Å². The van der Waals surface area contributed by atoms with E-state index in [9.17, 15) is 4.39 Å². The molecule has 2 heterocycles. The number of pyridine rings is 1. The summed E-state index contributed by atoms with van der Waals surface area (Å²) in [5.74, 6) is -0.395. The minimum Gasteiger partial charge on any atom is -0.319 e. The summed E-state index contributed by atoms with van der Waals surface area (Å²) in [6.45, 7) is 1.56. The van der Waals surface area contributed by atoms with E-state index in [1.165, 1.54) is 6.07 Å². The van der Waals surface area contributed by atoms with E-state index in [0.29, 0.717) is 12.1 Å². The molecule has 5 nitrogen and oxygen atoms in total. The van der Waals surface area contributed by atoms with Gasteiger partial charge in [0.15, 0.2) is 0 Å². The molecule has 0 amide bonds. The number of nitrogens with two attached hydrogens (primary N) is 1. The Bertz CT molecular complexity index is 584. The summed E-state index contributed by atoms with van der Waals surface area (Å²) in [6.07, 6.45) is 4.44. The predicted octanol–water partition coefficient (Wildman–Crippen LogP) is 1.79. The molecule has 0 aliphatic rings. The SMILES string of the molecule is CN(C)CCn1ncc(Br)c1C(N)c1cncc(F)c1. The molecule has 0 spiro atoms. The lowest BCUT2D eigenvalue weighted by molar-refractivity contribution is 0.368. The standard InChI is InChI=1S/C13H17BrFN5/c1-19(2)3-4-20-13(11(14)8-18-20)12(16)9-5-10(15)7-17-6-9/h5-8,12H,3-4,16H2,1-2H3. The van der Waals surface area contributed by atoms with Crippen LogP contribution in [0.15, 0.2) is 29.1 Å². The van der Waals surface area contributed by atoms with Gasteiger partial charge in [0.2, 0.25) is 0 Å². The molecule has 0 aliphatic heterocycles. The van der Waals surface area contributed by atoms with Crippen LogP contribution in [0.5, 0.6) is 0 Å². The zero-order valence-corrected chi connectivity index (χ0v) is 13.0. The number of rotatable bonds is 5. The Labute approximate surface area is 125 Å². The van der Waals surface area contributed by atoms with Gasteiger partial charge < -0.3 is 10.6 Å². The van der Waals surface area contributed by atoms with E-state index in [2.05, 4.69) is 30.9 Å². The van der Waals surface area contributed by atoms with Crippen molar-refractivity contribution in [3.63, 3.8) is 0 Å². The highest BCUT2D eigenvalue weighted by molar-refractivity contribution is 9.10. The highest BCUT2D eigenvalue weighted by Crippen LogP contribution is 2.26. The second kappa shape index (κ2) is 6.43. The Balaban J connectivity index is 2.29. The van der Waals surface area contributed by atoms with Crippen molar-refractivity contribution < 1.29 is 4.39 Å². The fourth-order valence-corrected chi connectivity index (χ4v) is 2.45. The normalized spacial score (nSPS) is 12.9. The average molecular weight is 342 g/mol. The molecule has 2 aromatic rings. The number of hydrogen-bond donors (Lipinski definition) is 1. The van der Waals surface area contributed by atoms with Crippen molar-refractivity contribution in [1.29, 1.82) is 0 Å². The van der Waals surface area contributed by atoms with Crippen LogP contribution < -0.4 is 5.73 Å². The van der Waals surface area contributed by atoms with Crippen molar-refractivity contribution in [2.24, 2.45) is 5.73 Å². The maximum atomic E-state index is 13.3. The van der Waals surface area contributed by atoms with E-state index >= 15 is 0 Å². The highest BCUT2D eigenvalue weighted by atomic mass is 79.9. The quantitative estimate of drug-likeness (QED) is 0.900. The summed E-state index contributed by atoms with van der Waals surface area (Å²) in [7, 11) is 3.99. The molecule has 2 N–H and O–H groups in total. The van der Waals surface area contributed by atoms with E-state index in [1.807, 2.05) is 18.8 Å². The second-order valence-electron chi connectivity index (χ2n) is 4.82. The fraction of sp³-hybridized carbons (Fsp3) is 0.385. The van der Waals surface area contributed by atoms with Gasteiger partial charge in [-0.3, -0.25) is 9.67 Å². The summed E-state index contributed by atoms with van der Waals surface area (Å²) >= 11 is 3.45. The monoisotopic (exact) mass is 341 g/mol. The summed E-state index contributed by atoms with van der Waals surface area (Å²) in [4.78, 5) is 5.90. The van der Waals surface area contributed by atoms with Gasteiger partial charge >= 0.3 is 0 Å². The zero-order valence-electron chi connectivity index (χ0n) is 11.4. The van der Waals surface area contributed by atoms with Gasteiger partial charge in [-0.1, -0.05) is 0 Å². The molecule has 1 unspecified atom stereocenters. The van der Waals surface area contributed by atoms with Gasteiger partial charge in [-0.05, 0) is 41.7 Å². The first-order valence-corrected chi connectivity index (χ1v) is 7.00. The largest absolute Gasteiger partial charge is 0.319 e. The molecule has 108 valence electrons. The lowest BCUT2D eigenvalue weighted by Gasteiger charge is -2.17. The van der Waals surface area contributed by atoms with Crippen LogP contribution in [0.25, 0.3) is 0 Å². The van der Waals surface area contributed by atoms with Crippen LogP contribution in [0, 0.1) is 5.82 Å². The molecule has 0 saturated heterocycles. The van der Waals surface area contributed by atoms with Crippen LogP contribution in [0.1, 0.15) is 17.3 Å². The number of nitrogens with zero attached hydrogens (tertiary/aromatic N) is 4. The molecule has 1 atom stereocenters. The first-order chi connectivity index (χ1) is 9.49. The minimum atomic E-state index is -0.475. The average Bonchev–Trinajstić information content (AvgIpc) is 2.76. The van der Waals surface area contributed by atoms with Crippen LogP contribution in [0.2, 0.25) is 0 Å². The molecule has 0 aliphatic carbocycles. The molecule has 0 radical (unpaired) electrons. The van der Waals surface area contributed by atoms with E-state index in [1.54, 1.807) is 12.4 Å². The van der Waals surface area contributed by atoms with Crippen LogP contribution in [0.4, 0.5) is 4.39 Å². The molecule has 0 aromatic carbocycles. The van der Waals surface area contributed by atoms with E-state index < -0.39 is 11.9 Å². The predicted molar refractivity (Wildman–Crippen MR) is 78.7 cm³/mol. The third kappa shape index (κ3) is 3.41. The number of aromatic nitrogens is 3. The first kappa shape index (κ1) is 15.1. The number of halogens is 2. The minimum absolute atomic E-state index is 0.395. The summed E-state index contributed by atoms with van der Waals surface area (Å²) < 4.78 is 15.9. The zero-order chi connectivity index (χ0) is 14.7.